The first kappa shape index (κ1) is 14.8. The molecule has 1 aromatic carbocycles. The highest BCUT2D eigenvalue weighted by atomic mass is 16.2. The van der Waals surface area contributed by atoms with Gasteiger partial charge in [-0.2, -0.15) is 0 Å². The molecule has 1 heterocycles. The molecule has 0 N–H and O–H groups in total. The second-order valence-corrected chi connectivity index (χ2v) is 6.41. The predicted octanol–water partition coefficient (Wildman–Crippen LogP) is 2.66. The van der Waals surface area contributed by atoms with E-state index in [0.717, 1.165) is 30.4 Å². The monoisotopic (exact) mass is 298 g/mol. The molecule has 4 heteroatoms. The molecule has 1 saturated carbocycles. The average molecular weight is 298 g/mol. The highest BCUT2D eigenvalue weighted by Gasteiger charge is 2.54. The Labute approximate surface area is 131 Å². The van der Waals surface area contributed by atoms with Crippen LogP contribution in [0, 0.1) is 0 Å². The Morgan fingerprint density at radius 2 is 1.68 bits per heavy atom. The van der Waals surface area contributed by atoms with Crippen LogP contribution in [0.5, 0.6) is 0 Å². The summed E-state index contributed by atoms with van der Waals surface area (Å²) < 4.78 is 0. The van der Waals surface area contributed by atoms with Gasteiger partial charge in [0, 0.05) is 19.2 Å². The quantitative estimate of drug-likeness (QED) is 0.805. The number of hydrogen-bond acceptors (Lipinski definition) is 2. The summed E-state index contributed by atoms with van der Waals surface area (Å²) in [5.74, 6) is -0.0126. The van der Waals surface area contributed by atoms with Gasteiger partial charge in [-0.25, -0.2) is 5.01 Å². The maximum absolute atomic E-state index is 13.0. The minimum Gasteiger partial charge on any atom is -0.272 e. The van der Waals surface area contributed by atoms with Crippen molar-refractivity contribution in [3.8, 4) is 0 Å². The predicted molar refractivity (Wildman–Crippen MR) is 84.8 cm³/mol. The van der Waals surface area contributed by atoms with Crippen molar-refractivity contribution in [2.24, 2.45) is 0 Å². The fraction of sp³-hybridized carbons (Fsp3) is 0.444. The molecule has 1 aliphatic carbocycles. The van der Waals surface area contributed by atoms with E-state index in [4.69, 9.17) is 0 Å². The summed E-state index contributed by atoms with van der Waals surface area (Å²) in [6.07, 6.45) is 4.20. The zero-order valence-electron chi connectivity index (χ0n) is 13.2. The lowest BCUT2D eigenvalue weighted by molar-refractivity contribution is -0.156. The number of carbonyl (C=O) groups is 2. The van der Waals surface area contributed by atoms with E-state index in [2.05, 4.69) is 0 Å². The van der Waals surface area contributed by atoms with Crippen molar-refractivity contribution in [3.05, 3.63) is 47.5 Å². The van der Waals surface area contributed by atoms with Crippen molar-refractivity contribution in [3.63, 3.8) is 0 Å². The number of hydrazine groups is 1. The van der Waals surface area contributed by atoms with Crippen molar-refractivity contribution in [2.45, 2.75) is 38.5 Å². The fourth-order valence-electron chi connectivity index (χ4n) is 3.13. The molecule has 3 rings (SSSR count). The maximum Gasteiger partial charge on any atom is 0.265 e. The molecule has 1 aliphatic heterocycles. The summed E-state index contributed by atoms with van der Waals surface area (Å²) in [6.45, 7) is 5.05. The molecule has 4 nitrogen and oxygen atoms in total. The van der Waals surface area contributed by atoms with Gasteiger partial charge in [0.05, 0.1) is 5.41 Å². The molecule has 22 heavy (non-hydrogen) atoms. The lowest BCUT2D eigenvalue weighted by Crippen LogP contribution is -2.48. The molecule has 1 saturated heterocycles. The second kappa shape index (κ2) is 5.59. The third-order valence-corrected chi connectivity index (χ3v) is 4.42. The van der Waals surface area contributed by atoms with E-state index in [-0.39, 0.29) is 11.8 Å². The third kappa shape index (κ3) is 2.54. The van der Waals surface area contributed by atoms with Crippen molar-refractivity contribution in [2.75, 3.05) is 13.1 Å². The van der Waals surface area contributed by atoms with Gasteiger partial charge in [0.25, 0.3) is 11.8 Å². The summed E-state index contributed by atoms with van der Waals surface area (Å²) in [5.41, 5.74) is 1.62. The van der Waals surface area contributed by atoms with Gasteiger partial charge in [-0.05, 0) is 38.7 Å². The first-order valence-corrected chi connectivity index (χ1v) is 7.88. The fourth-order valence-corrected chi connectivity index (χ4v) is 3.13. The first-order valence-electron chi connectivity index (χ1n) is 7.88. The van der Waals surface area contributed by atoms with Gasteiger partial charge in [0.1, 0.15) is 0 Å². The molecule has 116 valence electrons. The molecule has 0 spiro atoms. The van der Waals surface area contributed by atoms with Crippen LogP contribution in [0.4, 0.5) is 0 Å². The average Bonchev–Trinajstić information content (AvgIpc) is 3.16. The molecule has 2 amide bonds. The minimum absolute atomic E-state index is 0.0757. The number of rotatable bonds is 3. The lowest BCUT2D eigenvalue weighted by atomic mass is 9.95. The van der Waals surface area contributed by atoms with Gasteiger partial charge in [-0.15, -0.1) is 0 Å². The van der Waals surface area contributed by atoms with Crippen LogP contribution in [-0.4, -0.2) is 34.9 Å². The summed E-state index contributed by atoms with van der Waals surface area (Å²) in [4.78, 5) is 25.4. The number of nitrogens with zero attached hydrogens (tertiary/aromatic N) is 2. The Balaban J connectivity index is 1.83. The molecule has 1 aromatic rings. The van der Waals surface area contributed by atoms with Crippen molar-refractivity contribution in [1.29, 1.82) is 0 Å². The van der Waals surface area contributed by atoms with Crippen LogP contribution in [0.15, 0.2) is 42.0 Å². The molecule has 0 unspecified atom stereocenters. The molecule has 0 bridgehead atoms. The van der Waals surface area contributed by atoms with Crippen LogP contribution < -0.4 is 0 Å². The van der Waals surface area contributed by atoms with Crippen molar-refractivity contribution >= 4 is 11.8 Å². The van der Waals surface area contributed by atoms with Gasteiger partial charge in [-0.1, -0.05) is 35.9 Å². The molecule has 2 fully saturated rings. The summed E-state index contributed by atoms with van der Waals surface area (Å²) in [5, 5.41) is 3.28. The Morgan fingerprint density at radius 3 is 2.27 bits per heavy atom. The van der Waals surface area contributed by atoms with Crippen LogP contribution in [0.2, 0.25) is 0 Å². The lowest BCUT2D eigenvalue weighted by Gasteiger charge is -2.30. The van der Waals surface area contributed by atoms with Crippen LogP contribution >= 0.6 is 0 Å². The molecule has 0 atom stereocenters. The molecular weight excluding hydrogens is 276 g/mol. The highest BCUT2D eigenvalue weighted by molar-refractivity contribution is 5.95. The van der Waals surface area contributed by atoms with Gasteiger partial charge in [-0.3, -0.25) is 14.6 Å². The van der Waals surface area contributed by atoms with Gasteiger partial charge in [0.15, 0.2) is 0 Å². The van der Waals surface area contributed by atoms with Crippen LogP contribution in [-0.2, 0) is 15.0 Å². The van der Waals surface area contributed by atoms with Crippen molar-refractivity contribution in [1.82, 2.24) is 10.0 Å². The van der Waals surface area contributed by atoms with E-state index < -0.39 is 5.41 Å². The second-order valence-electron chi connectivity index (χ2n) is 6.41. The molecule has 2 aliphatic rings. The smallest absolute Gasteiger partial charge is 0.265 e. The van der Waals surface area contributed by atoms with Crippen LogP contribution in [0.25, 0.3) is 0 Å². The molecular formula is C18H22N2O2. The van der Waals surface area contributed by atoms with E-state index in [1.807, 2.05) is 44.2 Å². The summed E-state index contributed by atoms with van der Waals surface area (Å²) in [7, 11) is 0. The summed E-state index contributed by atoms with van der Waals surface area (Å²) >= 11 is 0. The Kier molecular flexibility index (Phi) is 3.77. The number of hydrogen-bond donors (Lipinski definition) is 0. The molecule has 0 radical (unpaired) electrons. The Morgan fingerprint density at radius 1 is 1.05 bits per heavy atom. The van der Waals surface area contributed by atoms with Gasteiger partial charge >= 0.3 is 0 Å². The van der Waals surface area contributed by atoms with Crippen LogP contribution in [0.1, 0.15) is 38.7 Å². The number of carbonyl (C=O) groups excluding carboxylic acids is 2. The zero-order valence-corrected chi connectivity index (χ0v) is 13.2. The minimum atomic E-state index is -0.408. The first-order chi connectivity index (χ1) is 10.5. The van der Waals surface area contributed by atoms with Crippen LogP contribution in [0.3, 0.4) is 0 Å². The van der Waals surface area contributed by atoms with Gasteiger partial charge in [0.2, 0.25) is 0 Å². The third-order valence-electron chi connectivity index (χ3n) is 4.42. The van der Waals surface area contributed by atoms with E-state index in [0.29, 0.717) is 13.1 Å². The highest BCUT2D eigenvalue weighted by Crippen LogP contribution is 2.50. The zero-order chi connectivity index (χ0) is 15.7. The standard InChI is InChI=1S/C18H22N2O2/c1-14(2)13-16(21)19-11-6-12-20(19)17(22)18(9-10-18)15-7-4-3-5-8-15/h3-5,7-8,13H,6,9-12H2,1-2H3. The number of benzene rings is 1. The Bertz CT molecular complexity index is 613. The number of amides is 2. The largest absolute Gasteiger partial charge is 0.272 e. The number of allylic oxidation sites excluding steroid dienone is 1. The van der Waals surface area contributed by atoms with E-state index in [1.54, 1.807) is 16.1 Å². The normalized spacial score (nSPS) is 19.0. The Hall–Kier alpha value is -2.10. The molecule has 0 aromatic heterocycles. The summed E-state index contributed by atoms with van der Waals surface area (Å²) in [6, 6.07) is 9.94. The van der Waals surface area contributed by atoms with Gasteiger partial charge < -0.3 is 0 Å². The van der Waals surface area contributed by atoms with E-state index in [1.165, 1.54) is 0 Å². The van der Waals surface area contributed by atoms with E-state index in [9.17, 15) is 9.59 Å². The SMILES string of the molecule is CC(C)=CC(=O)N1CCCN1C(=O)C1(c2ccccc2)CC1. The topological polar surface area (TPSA) is 40.6 Å². The van der Waals surface area contributed by atoms with Crippen molar-refractivity contribution < 1.29 is 9.59 Å². The van der Waals surface area contributed by atoms with E-state index >= 15 is 0 Å². The maximum atomic E-state index is 13.0.